The third-order valence-electron chi connectivity index (χ3n) is 8.49. The van der Waals surface area contributed by atoms with Crippen LogP contribution in [0.15, 0.2) is 194 Å². The van der Waals surface area contributed by atoms with Crippen LogP contribution in [0, 0.1) is 0 Å². The van der Waals surface area contributed by atoms with Crippen LogP contribution in [0.4, 0.5) is 0 Å². The van der Waals surface area contributed by atoms with Crippen LogP contribution in [-0.2, 0) is 9.13 Å². The van der Waals surface area contributed by atoms with E-state index in [9.17, 15) is 9.13 Å². The van der Waals surface area contributed by atoms with Crippen molar-refractivity contribution in [1.29, 1.82) is 0 Å². The summed E-state index contributed by atoms with van der Waals surface area (Å²) in [5, 5.41) is 4.87. The van der Waals surface area contributed by atoms with Gasteiger partial charge in [-0.05, 0) is 22.3 Å². The van der Waals surface area contributed by atoms with E-state index in [0.29, 0.717) is 0 Å². The van der Waals surface area contributed by atoms with Crippen molar-refractivity contribution in [3.05, 3.63) is 194 Å². The van der Waals surface area contributed by atoms with Crippen LogP contribution in [0.25, 0.3) is 22.3 Å². The molecule has 7 aromatic carbocycles. The largest absolute Gasteiger partial charge is 0.309 e. The summed E-state index contributed by atoms with van der Waals surface area (Å²) in [4.78, 5) is 0. The maximum absolute atomic E-state index is 14.8. The quantitative estimate of drug-likeness (QED) is 0.158. The molecule has 46 heavy (non-hydrogen) atoms. The monoisotopic (exact) mass is 630 g/mol. The van der Waals surface area contributed by atoms with E-state index < -0.39 is 14.3 Å². The molecule has 0 atom stereocenters. The second-order valence-corrected chi connectivity index (χ2v) is 16.7. The summed E-state index contributed by atoms with van der Waals surface area (Å²) in [6.45, 7) is 0. The Hall–Kier alpha value is -5.00. The van der Waals surface area contributed by atoms with Gasteiger partial charge in [-0.2, -0.15) is 0 Å². The topological polar surface area (TPSA) is 34.1 Å². The summed E-state index contributed by atoms with van der Waals surface area (Å²) in [5.74, 6) is 0. The first-order chi connectivity index (χ1) is 22.6. The van der Waals surface area contributed by atoms with Crippen molar-refractivity contribution < 1.29 is 9.13 Å². The minimum atomic E-state index is -3.06. The summed E-state index contributed by atoms with van der Waals surface area (Å²) in [6, 6.07) is 63.6. The van der Waals surface area contributed by atoms with Gasteiger partial charge in [0.05, 0.1) is 0 Å². The van der Waals surface area contributed by atoms with E-state index in [4.69, 9.17) is 0 Å². The number of hydrogen-bond acceptors (Lipinski definition) is 2. The fraction of sp³-hybridized carbons (Fsp3) is 0. The number of rotatable bonds is 8. The molecule has 2 nitrogen and oxygen atoms in total. The summed E-state index contributed by atoms with van der Waals surface area (Å²) < 4.78 is 29.7. The van der Waals surface area contributed by atoms with Crippen LogP contribution in [-0.4, -0.2) is 0 Å². The smallest absolute Gasteiger partial charge is 0.171 e. The molecule has 0 aliphatic heterocycles. The second-order valence-electron chi connectivity index (χ2n) is 11.2. The molecule has 0 heterocycles. The molecule has 222 valence electrons. The second kappa shape index (κ2) is 12.8. The van der Waals surface area contributed by atoms with Gasteiger partial charge in [-0.15, -0.1) is 0 Å². The van der Waals surface area contributed by atoms with Crippen LogP contribution in [0.1, 0.15) is 0 Å². The highest BCUT2D eigenvalue weighted by molar-refractivity contribution is 7.85. The van der Waals surface area contributed by atoms with Crippen LogP contribution in [0.5, 0.6) is 0 Å². The molecule has 0 fully saturated rings. The Labute approximate surface area is 270 Å². The predicted molar refractivity (Wildman–Crippen MR) is 196 cm³/mol. The standard InChI is InChI=1S/C42H32O2P2/c43-45(35-15-5-1-6-16-35,36-17-7-2-8-18-36)39-29-25-33(26-30-39)41-23-13-14-24-42(41)34-27-31-40(32-28-34)46(44,37-19-9-3-10-20-37)38-21-11-4-12-22-38/h1-32H. The number of hydrogen-bond donors (Lipinski definition) is 0. The molecule has 0 saturated heterocycles. The van der Waals surface area contributed by atoms with Crippen molar-refractivity contribution in [3.8, 4) is 22.3 Å². The zero-order valence-corrected chi connectivity index (χ0v) is 27.0. The van der Waals surface area contributed by atoms with Gasteiger partial charge in [0, 0.05) is 31.8 Å². The lowest BCUT2D eigenvalue weighted by Crippen LogP contribution is -2.24. The molecule has 0 saturated carbocycles. The molecule has 0 aromatic heterocycles. The van der Waals surface area contributed by atoms with Gasteiger partial charge >= 0.3 is 0 Å². The van der Waals surface area contributed by atoms with Crippen molar-refractivity contribution >= 4 is 46.1 Å². The average molecular weight is 631 g/mol. The Morgan fingerprint density at radius 3 is 0.717 bits per heavy atom. The Morgan fingerprint density at radius 1 is 0.239 bits per heavy atom. The van der Waals surface area contributed by atoms with Crippen LogP contribution in [0.2, 0.25) is 0 Å². The molecule has 4 heteroatoms. The van der Waals surface area contributed by atoms with Crippen LogP contribution < -0.4 is 31.8 Å². The fourth-order valence-electron chi connectivity index (χ4n) is 6.13. The Kier molecular flexibility index (Phi) is 8.25. The van der Waals surface area contributed by atoms with Gasteiger partial charge < -0.3 is 9.13 Å². The Bertz CT molecular complexity index is 1920. The van der Waals surface area contributed by atoms with Crippen LogP contribution >= 0.6 is 14.3 Å². The fourth-order valence-corrected chi connectivity index (χ4v) is 11.4. The molecule has 7 rings (SSSR count). The highest BCUT2D eigenvalue weighted by atomic mass is 31.2. The third kappa shape index (κ3) is 5.41. The van der Waals surface area contributed by atoms with Crippen molar-refractivity contribution in [1.82, 2.24) is 0 Å². The van der Waals surface area contributed by atoms with Crippen molar-refractivity contribution in [2.75, 3.05) is 0 Å². The lowest BCUT2D eigenvalue weighted by Gasteiger charge is -2.21. The minimum absolute atomic E-state index is 0.799. The van der Waals surface area contributed by atoms with Crippen molar-refractivity contribution in [2.45, 2.75) is 0 Å². The Morgan fingerprint density at radius 2 is 0.457 bits per heavy atom. The molecule has 0 aliphatic carbocycles. The van der Waals surface area contributed by atoms with E-state index >= 15 is 0 Å². The van der Waals surface area contributed by atoms with E-state index in [1.54, 1.807) is 0 Å². The summed E-state index contributed by atoms with van der Waals surface area (Å²) >= 11 is 0. The molecule has 0 aliphatic rings. The SMILES string of the molecule is O=P(c1ccccc1)(c1ccccc1)c1ccc(-c2ccccc2-c2ccc(P(=O)(c3ccccc3)c3ccccc3)cc2)cc1. The van der Waals surface area contributed by atoms with Crippen LogP contribution in [0.3, 0.4) is 0 Å². The first-order valence-electron chi connectivity index (χ1n) is 15.3. The van der Waals surface area contributed by atoms with Gasteiger partial charge in [0.15, 0.2) is 14.3 Å². The number of benzene rings is 7. The molecule has 0 unspecified atom stereocenters. The van der Waals surface area contributed by atoms with E-state index in [2.05, 4.69) is 36.4 Å². The first kappa shape index (κ1) is 29.7. The molecule has 0 N–H and O–H groups in total. The normalized spacial score (nSPS) is 11.7. The molecule has 0 spiro atoms. The van der Waals surface area contributed by atoms with Gasteiger partial charge in [0.25, 0.3) is 0 Å². The third-order valence-corrected chi connectivity index (χ3v) is 14.6. The van der Waals surface area contributed by atoms with E-state index in [0.717, 1.165) is 54.1 Å². The first-order valence-corrected chi connectivity index (χ1v) is 18.7. The van der Waals surface area contributed by atoms with E-state index in [1.807, 2.05) is 158 Å². The van der Waals surface area contributed by atoms with Crippen molar-refractivity contribution in [3.63, 3.8) is 0 Å². The maximum atomic E-state index is 14.8. The van der Waals surface area contributed by atoms with Gasteiger partial charge in [-0.3, -0.25) is 0 Å². The highest BCUT2D eigenvalue weighted by Crippen LogP contribution is 2.44. The summed E-state index contributed by atoms with van der Waals surface area (Å²) in [5.41, 5.74) is 4.22. The zero-order valence-electron chi connectivity index (χ0n) is 25.2. The van der Waals surface area contributed by atoms with Gasteiger partial charge in [-0.25, -0.2) is 0 Å². The maximum Gasteiger partial charge on any atom is 0.171 e. The van der Waals surface area contributed by atoms with Gasteiger partial charge in [0.2, 0.25) is 0 Å². The van der Waals surface area contributed by atoms with Gasteiger partial charge in [0.1, 0.15) is 0 Å². The Balaban J connectivity index is 1.26. The lowest BCUT2D eigenvalue weighted by molar-refractivity contribution is 0.591. The predicted octanol–water partition coefficient (Wildman–Crippen LogP) is 8.30. The molecular formula is C42H32O2P2. The highest BCUT2D eigenvalue weighted by Gasteiger charge is 2.30. The van der Waals surface area contributed by atoms with E-state index in [1.165, 1.54) is 0 Å². The minimum Gasteiger partial charge on any atom is -0.309 e. The van der Waals surface area contributed by atoms with Crippen molar-refractivity contribution in [2.24, 2.45) is 0 Å². The zero-order chi connectivity index (χ0) is 31.4. The molecule has 0 bridgehead atoms. The molecule has 0 amide bonds. The summed E-state index contributed by atoms with van der Waals surface area (Å²) in [7, 11) is -6.11. The van der Waals surface area contributed by atoms with E-state index in [-0.39, 0.29) is 0 Å². The summed E-state index contributed by atoms with van der Waals surface area (Å²) in [6.07, 6.45) is 0. The molecule has 0 radical (unpaired) electrons. The molecule has 7 aromatic rings. The molecular weight excluding hydrogens is 598 g/mol. The lowest BCUT2D eigenvalue weighted by atomic mass is 9.95. The average Bonchev–Trinajstić information content (AvgIpc) is 3.16. The van der Waals surface area contributed by atoms with Gasteiger partial charge in [-0.1, -0.05) is 194 Å².